The van der Waals surface area contributed by atoms with Gasteiger partial charge in [-0.3, -0.25) is 4.79 Å². The van der Waals surface area contributed by atoms with Crippen molar-refractivity contribution < 1.29 is 18.0 Å². The monoisotopic (exact) mass is 467 g/mol. The van der Waals surface area contributed by atoms with Gasteiger partial charge in [-0.2, -0.15) is 4.31 Å². The molecule has 2 aromatic rings. The molecule has 5 nitrogen and oxygen atoms in total. The van der Waals surface area contributed by atoms with Gasteiger partial charge in [0.2, 0.25) is 10.0 Å². The Labute approximate surface area is 197 Å². The van der Waals surface area contributed by atoms with Crippen LogP contribution in [0, 0.1) is 17.3 Å². The van der Waals surface area contributed by atoms with Crippen LogP contribution in [0.4, 0.5) is 0 Å². The number of carbonyl (C=O) groups excluding carboxylic acids is 2. The first-order valence-corrected chi connectivity index (χ1v) is 13.1. The number of piperidine rings is 1. The Kier molecular flexibility index (Phi) is 6.36. The number of ketones is 1. The predicted octanol–water partition coefficient (Wildman–Crippen LogP) is 4.40. The number of sulfonamides is 1. The SMILES string of the molecule is CC(C)(C)c1ccc(S(=O)(=O)N2CC[C@H]3CC(=O)C(C=O)C[C@]3(Cc3ccccc3)C2)cc1. The predicted molar refractivity (Wildman–Crippen MR) is 128 cm³/mol. The highest BCUT2D eigenvalue weighted by Gasteiger charge is 2.51. The van der Waals surface area contributed by atoms with Crippen molar-refractivity contribution in [3.8, 4) is 0 Å². The fourth-order valence-corrected chi connectivity index (χ4v) is 7.09. The summed E-state index contributed by atoms with van der Waals surface area (Å²) in [5.74, 6) is -0.581. The number of nitrogens with zero attached hydrogens (tertiary/aromatic N) is 1. The standard InChI is InChI=1S/C27H33NO4S/c1-26(2,3)22-9-11-24(12-10-22)33(31,32)28-14-13-23-15-25(30)21(18-29)17-27(23,19-28)16-20-7-5-4-6-8-20/h4-12,18,21,23H,13-17,19H2,1-3H3/t21?,23-,27+/m0/s1. The van der Waals surface area contributed by atoms with E-state index in [0.717, 1.165) is 17.4 Å². The average Bonchev–Trinajstić information content (AvgIpc) is 2.78. The number of Topliss-reactive ketones (excluding diaryl/α,β-unsaturated/α-hetero) is 1. The lowest BCUT2D eigenvalue weighted by Gasteiger charge is -2.51. The van der Waals surface area contributed by atoms with E-state index >= 15 is 0 Å². The fourth-order valence-electron chi connectivity index (χ4n) is 5.54. The van der Waals surface area contributed by atoms with Crippen molar-refractivity contribution in [2.24, 2.45) is 17.3 Å². The van der Waals surface area contributed by atoms with Gasteiger partial charge in [0.25, 0.3) is 0 Å². The van der Waals surface area contributed by atoms with Crippen LogP contribution in [-0.2, 0) is 31.4 Å². The Balaban J connectivity index is 1.67. The molecule has 1 heterocycles. The normalized spacial score (nSPS) is 26.6. The lowest BCUT2D eigenvalue weighted by atomic mass is 9.58. The zero-order chi connectivity index (χ0) is 23.9. The van der Waals surface area contributed by atoms with Crippen molar-refractivity contribution in [2.75, 3.05) is 13.1 Å². The first kappa shape index (κ1) is 23.8. The van der Waals surface area contributed by atoms with E-state index in [4.69, 9.17) is 0 Å². The molecule has 2 fully saturated rings. The summed E-state index contributed by atoms with van der Waals surface area (Å²) in [6.07, 6.45) is 2.80. The van der Waals surface area contributed by atoms with Crippen molar-refractivity contribution in [3.05, 3.63) is 65.7 Å². The van der Waals surface area contributed by atoms with E-state index in [1.165, 1.54) is 0 Å². The molecule has 1 aliphatic carbocycles. The maximum Gasteiger partial charge on any atom is 0.243 e. The molecule has 1 aliphatic heterocycles. The summed E-state index contributed by atoms with van der Waals surface area (Å²) >= 11 is 0. The second-order valence-electron chi connectivity index (χ2n) is 10.7. The molecular formula is C27H33NO4S. The Morgan fingerprint density at radius 2 is 1.73 bits per heavy atom. The Morgan fingerprint density at radius 1 is 1.06 bits per heavy atom. The molecule has 1 unspecified atom stereocenters. The van der Waals surface area contributed by atoms with Gasteiger partial charge in [-0.1, -0.05) is 63.2 Å². The lowest BCUT2D eigenvalue weighted by molar-refractivity contribution is -0.137. The highest BCUT2D eigenvalue weighted by atomic mass is 32.2. The minimum atomic E-state index is -3.68. The molecule has 3 atom stereocenters. The van der Waals surface area contributed by atoms with Gasteiger partial charge in [0.05, 0.1) is 10.8 Å². The molecule has 2 aliphatic rings. The minimum absolute atomic E-state index is 0.00670. The van der Waals surface area contributed by atoms with Crippen molar-refractivity contribution in [1.82, 2.24) is 4.31 Å². The summed E-state index contributed by atoms with van der Waals surface area (Å²) in [4.78, 5) is 24.5. The summed E-state index contributed by atoms with van der Waals surface area (Å²) in [5.41, 5.74) is 1.70. The Bertz CT molecular complexity index is 1120. The van der Waals surface area contributed by atoms with E-state index in [2.05, 4.69) is 20.8 Å². The number of benzene rings is 2. The number of carbonyl (C=O) groups is 2. The Morgan fingerprint density at radius 3 is 2.33 bits per heavy atom. The van der Waals surface area contributed by atoms with E-state index in [9.17, 15) is 18.0 Å². The third-order valence-corrected chi connectivity index (χ3v) is 9.35. The molecule has 0 radical (unpaired) electrons. The van der Waals surface area contributed by atoms with Crippen molar-refractivity contribution in [1.29, 1.82) is 0 Å². The van der Waals surface area contributed by atoms with Crippen LogP contribution in [0.25, 0.3) is 0 Å². The molecular weight excluding hydrogens is 434 g/mol. The van der Waals surface area contributed by atoms with E-state index < -0.39 is 21.4 Å². The molecule has 33 heavy (non-hydrogen) atoms. The quantitative estimate of drug-likeness (QED) is 0.483. The first-order chi connectivity index (χ1) is 15.5. The maximum absolute atomic E-state index is 13.6. The van der Waals surface area contributed by atoms with Gasteiger partial charge in [-0.15, -0.1) is 0 Å². The molecule has 2 aromatic carbocycles. The lowest BCUT2D eigenvalue weighted by Crippen LogP contribution is -2.56. The summed E-state index contributed by atoms with van der Waals surface area (Å²) in [6.45, 7) is 7.02. The van der Waals surface area contributed by atoms with Crippen molar-refractivity contribution >= 4 is 22.1 Å². The fraction of sp³-hybridized carbons (Fsp3) is 0.481. The number of hydrogen-bond acceptors (Lipinski definition) is 4. The van der Waals surface area contributed by atoms with Gasteiger partial charge in [-0.05, 0) is 59.3 Å². The van der Waals surface area contributed by atoms with Gasteiger partial charge < -0.3 is 4.79 Å². The molecule has 0 N–H and O–H groups in total. The summed E-state index contributed by atoms with van der Waals surface area (Å²) in [5, 5.41) is 0. The second kappa shape index (κ2) is 8.80. The third-order valence-electron chi connectivity index (χ3n) is 7.49. The van der Waals surface area contributed by atoms with Crippen LogP contribution in [0.1, 0.15) is 51.2 Å². The first-order valence-electron chi connectivity index (χ1n) is 11.7. The summed E-state index contributed by atoms with van der Waals surface area (Å²) in [6, 6.07) is 17.2. The van der Waals surface area contributed by atoms with Crippen LogP contribution >= 0.6 is 0 Å². The molecule has 0 amide bonds. The molecule has 4 rings (SSSR count). The van der Waals surface area contributed by atoms with Crippen LogP contribution in [0.5, 0.6) is 0 Å². The van der Waals surface area contributed by atoms with E-state index in [-0.39, 0.29) is 17.1 Å². The van der Waals surface area contributed by atoms with E-state index in [1.54, 1.807) is 16.4 Å². The molecule has 1 saturated carbocycles. The zero-order valence-electron chi connectivity index (χ0n) is 19.7. The number of aldehydes is 1. The molecule has 0 spiro atoms. The van der Waals surface area contributed by atoms with Gasteiger partial charge in [0.1, 0.15) is 12.1 Å². The molecule has 0 bridgehead atoms. The largest absolute Gasteiger partial charge is 0.303 e. The maximum atomic E-state index is 13.6. The van der Waals surface area contributed by atoms with Crippen LogP contribution < -0.4 is 0 Å². The topological polar surface area (TPSA) is 71.5 Å². The highest BCUT2D eigenvalue weighted by molar-refractivity contribution is 7.89. The van der Waals surface area contributed by atoms with Crippen LogP contribution in [0.15, 0.2) is 59.5 Å². The van der Waals surface area contributed by atoms with Crippen molar-refractivity contribution in [2.45, 2.75) is 56.8 Å². The smallest absolute Gasteiger partial charge is 0.243 e. The van der Waals surface area contributed by atoms with Gasteiger partial charge in [-0.25, -0.2) is 8.42 Å². The van der Waals surface area contributed by atoms with Crippen LogP contribution in [0.3, 0.4) is 0 Å². The number of hydrogen-bond donors (Lipinski definition) is 0. The molecule has 6 heteroatoms. The van der Waals surface area contributed by atoms with Gasteiger partial charge in [0, 0.05) is 19.5 Å². The number of fused-ring (bicyclic) bond motifs is 1. The Hall–Kier alpha value is -2.31. The van der Waals surface area contributed by atoms with Gasteiger partial charge in [0.15, 0.2) is 0 Å². The third kappa shape index (κ3) is 4.69. The zero-order valence-corrected chi connectivity index (χ0v) is 20.5. The van der Waals surface area contributed by atoms with E-state index in [1.807, 2.05) is 42.5 Å². The summed E-state index contributed by atoms with van der Waals surface area (Å²) in [7, 11) is -3.68. The second-order valence-corrected chi connectivity index (χ2v) is 12.7. The molecule has 1 saturated heterocycles. The van der Waals surface area contributed by atoms with Crippen LogP contribution in [0.2, 0.25) is 0 Å². The number of rotatable bonds is 5. The molecule has 176 valence electrons. The van der Waals surface area contributed by atoms with Crippen LogP contribution in [-0.4, -0.2) is 37.9 Å². The average molecular weight is 468 g/mol. The summed E-state index contributed by atoms with van der Waals surface area (Å²) < 4.78 is 28.8. The molecule has 0 aromatic heterocycles. The van der Waals surface area contributed by atoms with E-state index in [0.29, 0.717) is 43.7 Å². The highest BCUT2D eigenvalue weighted by Crippen LogP contribution is 2.49. The van der Waals surface area contributed by atoms with Crippen molar-refractivity contribution in [3.63, 3.8) is 0 Å². The minimum Gasteiger partial charge on any atom is -0.303 e. The van der Waals surface area contributed by atoms with Gasteiger partial charge >= 0.3 is 0 Å².